The van der Waals surface area contributed by atoms with Crippen molar-refractivity contribution in [1.29, 1.82) is 0 Å². The van der Waals surface area contributed by atoms with E-state index in [0.717, 1.165) is 16.6 Å². The van der Waals surface area contributed by atoms with Gasteiger partial charge < -0.3 is 9.73 Å². The lowest BCUT2D eigenvalue weighted by Gasteiger charge is -2.07. The fourth-order valence-corrected chi connectivity index (χ4v) is 2.21. The number of pyridine rings is 1. The highest BCUT2D eigenvalue weighted by Gasteiger charge is 2.08. The van der Waals surface area contributed by atoms with Crippen LogP contribution in [0.4, 0.5) is 5.69 Å². The highest BCUT2D eigenvalue weighted by molar-refractivity contribution is 6.04. The average molecular weight is 294 g/mol. The molecule has 110 valence electrons. The van der Waals surface area contributed by atoms with E-state index in [-0.39, 0.29) is 5.91 Å². The van der Waals surface area contributed by atoms with Gasteiger partial charge in [-0.3, -0.25) is 9.78 Å². The number of nitrogens with zero attached hydrogens (tertiary/aromatic N) is 1. The molecule has 0 bridgehead atoms. The first-order chi connectivity index (χ1) is 10.5. The van der Waals surface area contributed by atoms with E-state index in [9.17, 15) is 9.59 Å². The van der Waals surface area contributed by atoms with E-state index in [1.807, 2.05) is 19.9 Å². The van der Waals surface area contributed by atoms with Crippen LogP contribution in [-0.4, -0.2) is 10.9 Å². The minimum Gasteiger partial charge on any atom is -0.423 e. The zero-order valence-electron chi connectivity index (χ0n) is 12.2. The summed E-state index contributed by atoms with van der Waals surface area (Å²) in [5.41, 5.74) is 2.76. The summed E-state index contributed by atoms with van der Waals surface area (Å²) in [5.74, 6) is -0.262. The van der Waals surface area contributed by atoms with Crippen molar-refractivity contribution in [3.05, 3.63) is 69.8 Å². The van der Waals surface area contributed by atoms with Gasteiger partial charge in [0.05, 0.1) is 5.56 Å². The van der Waals surface area contributed by atoms with Crippen molar-refractivity contribution >= 4 is 22.6 Å². The monoisotopic (exact) mass is 294 g/mol. The Labute approximate surface area is 126 Å². The predicted octanol–water partition coefficient (Wildman–Crippen LogP) is 3.06. The first-order valence-electron chi connectivity index (χ1n) is 6.81. The number of benzene rings is 1. The van der Waals surface area contributed by atoms with Crippen LogP contribution in [0.3, 0.4) is 0 Å². The third-order valence-electron chi connectivity index (χ3n) is 3.38. The Morgan fingerprint density at radius 1 is 1.14 bits per heavy atom. The van der Waals surface area contributed by atoms with Crippen LogP contribution < -0.4 is 10.9 Å². The molecule has 0 unspecified atom stereocenters. The van der Waals surface area contributed by atoms with E-state index in [1.54, 1.807) is 24.3 Å². The van der Waals surface area contributed by atoms with Gasteiger partial charge in [0.2, 0.25) is 0 Å². The van der Waals surface area contributed by atoms with Crippen LogP contribution in [0.1, 0.15) is 21.6 Å². The fourth-order valence-electron chi connectivity index (χ4n) is 2.21. The zero-order valence-corrected chi connectivity index (χ0v) is 12.2. The summed E-state index contributed by atoms with van der Waals surface area (Å²) < 4.78 is 5.17. The number of rotatable bonds is 2. The van der Waals surface area contributed by atoms with Crippen LogP contribution >= 0.6 is 0 Å². The largest absolute Gasteiger partial charge is 0.423 e. The van der Waals surface area contributed by atoms with Gasteiger partial charge in [0.1, 0.15) is 5.58 Å². The maximum Gasteiger partial charge on any atom is 0.336 e. The highest BCUT2D eigenvalue weighted by Crippen LogP contribution is 2.21. The molecule has 0 aliphatic rings. The normalized spacial score (nSPS) is 10.6. The number of carbonyl (C=O) groups excluding carboxylic acids is 1. The molecule has 3 rings (SSSR count). The van der Waals surface area contributed by atoms with Crippen LogP contribution in [0.5, 0.6) is 0 Å². The molecule has 5 nitrogen and oxygen atoms in total. The van der Waals surface area contributed by atoms with Gasteiger partial charge >= 0.3 is 5.63 Å². The lowest BCUT2D eigenvalue weighted by Crippen LogP contribution is -2.12. The Morgan fingerprint density at radius 2 is 1.95 bits per heavy atom. The van der Waals surface area contributed by atoms with E-state index in [2.05, 4.69) is 10.3 Å². The molecule has 3 aromatic rings. The second-order valence-electron chi connectivity index (χ2n) is 5.10. The summed E-state index contributed by atoms with van der Waals surface area (Å²) in [6, 6.07) is 10.2. The van der Waals surface area contributed by atoms with Crippen molar-refractivity contribution in [3.63, 3.8) is 0 Å². The van der Waals surface area contributed by atoms with Crippen LogP contribution in [0.2, 0.25) is 0 Å². The third kappa shape index (κ3) is 2.74. The molecule has 0 atom stereocenters. The number of amides is 1. The molecule has 0 aliphatic carbocycles. The summed E-state index contributed by atoms with van der Waals surface area (Å²) in [6.45, 7) is 3.70. The summed E-state index contributed by atoms with van der Waals surface area (Å²) >= 11 is 0. The number of carbonyl (C=O) groups is 1. The minimum absolute atomic E-state index is 0.262. The van der Waals surface area contributed by atoms with Gasteiger partial charge in [-0.05, 0) is 43.7 Å². The highest BCUT2D eigenvalue weighted by atomic mass is 16.4. The van der Waals surface area contributed by atoms with Gasteiger partial charge in [-0.15, -0.1) is 0 Å². The summed E-state index contributed by atoms with van der Waals surface area (Å²) in [5, 5.41) is 3.61. The Morgan fingerprint density at radius 3 is 2.68 bits per heavy atom. The second kappa shape index (κ2) is 5.44. The number of nitrogens with one attached hydrogen (secondary N) is 1. The van der Waals surface area contributed by atoms with Crippen LogP contribution in [0, 0.1) is 13.8 Å². The molecule has 1 amide bonds. The Bertz CT molecular complexity index is 911. The molecule has 22 heavy (non-hydrogen) atoms. The predicted molar refractivity (Wildman–Crippen MR) is 84.1 cm³/mol. The molecule has 5 heteroatoms. The molecule has 0 fully saturated rings. The topological polar surface area (TPSA) is 72.2 Å². The fraction of sp³-hybridized carbons (Fsp3) is 0.118. The summed E-state index contributed by atoms with van der Waals surface area (Å²) in [7, 11) is 0. The maximum absolute atomic E-state index is 12.2. The van der Waals surface area contributed by atoms with E-state index in [0.29, 0.717) is 16.8 Å². The first-order valence-corrected chi connectivity index (χ1v) is 6.81. The van der Waals surface area contributed by atoms with Gasteiger partial charge in [0, 0.05) is 35.1 Å². The second-order valence-corrected chi connectivity index (χ2v) is 5.10. The van der Waals surface area contributed by atoms with Gasteiger partial charge in [-0.2, -0.15) is 0 Å². The zero-order chi connectivity index (χ0) is 15.7. The van der Waals surface area contributed by atoms with E-state index in [1.165, 1.54) is 12.3 Å². The van der Waals surface area contributed by atoms with E-state index in [4.69, 9.17) is 4.42 Å². The Kier molecular flexibility index (Phi) is 3.47. The molecule has 0 radical (unpaired) electrons. The number of anilines is 1. The van der Waals surface area contributed by atoms with Crippen LogP contribution in [-0.2, 0) is 0 Å². The van der Waals surface area contributed by atoms with Crippen molar-refractivity contribution in [2.75, 3.05) is 5.32 Å². The first kappa shape index (κ1) is 14.0. The quantitative estimate of drug-likeness (QED) is 0.737. The molecule has 0 aliphatic heterocycles. The molecule has 0 spiro atoms. The Hall–Kier alpha value is -2.95. The van der Waals surface area contributed by atoms with Crippen LogP contribution in [0.15, 0.2) is 51.8 Å². The van der Waals surface area contributed by atoms with Crippen molar-refractivity contribution in [3.8, 4) is 0 Å². The number of fused-ring (bicyclic) bond motifs is 1. The number of hydrogen-bond donors (Lipinski definition) is 1. The average Bonchev–Trinajstić information content (AvgIpc) is 2.47. The summed E-state index contributed by atoms with van der Waals surface area (Å²) in [4.78, 5) is 27.7. The van der Waals surface area contributed by atoms with Gasteiger partial charge in [-0.25, -0.2) is 4.79 Å². The molecule has 2 heterocycles. The molecule has 1 aromatic carbocycles. The van der Waals surface area contributed by atoms with Crippen molar-refractivity contribution in [1.82, 2.24) is 4.98 Å². The molecular formula is C17H14N2O3. The number of hydrogen-bond acceptors (Lipinski definition) is 4. The number of aryl methyl sites for hydroxylation is 2. The molecule has 2 aromatic heterocycles. The smallest absolute Gasteiger partial charge is 0.336 e. The van der Waals surface area contributed by atoms with Gasteiger partial charge in [0.15, 0.2) is 0 Å². The van der Waals surface area contributed by atoms with E-state index < -0.39 is 5.63 Å². The SMILES string of the molecule is Cc1ccc(C(=O)Nc2ccc3c(C)cc(=O)oc3c2)cn1. The minimum atomic E-state index is -0.406. The maximum atomic E-state index is 12.2. The van der Waals surface area contributed by atoms with Crippen molar-refractivity contribution < 1.29 is 9.21 Å². The third-order valence-corrected chi connectivity index (χ3v) is 3.38. The standard InChI is InChI=1S/C17H14N2O3/c1-10-7-16(20)22-15-8-13(5-6-14(10)15)19-17(21)12-4-3-11(2)18-9-12/h3-9H,1-2H3,(H,19,21). The lowest BCUT2D eigenvalue weighted by atomic mass is 10.1. The Balaban J connectivity index is 1.92. The van der Waals surface area contributed by atoms with Crippen molar-refractivity contribution in [2.24, 2.45) is 0 Å². The molecule has 1 N–H and O–H groups in total. The molecular weight excluding hydrogens is 280 g/mol. The lowest BCUT2D eigenvalue weighted by molar-refractivity contribution is 0.102. The summed E-state index contributed by atoms with van der Waals surface area (Å²) in [6.07, 6.45) is 1.52. The van der Waals surface area contributed by atoms with Gasteiger partial charge in [0.25, 0.3) is 5.91 Å². The molecule has 0 saturated heterocycles. The van der Waals surface area contributed by atoms with Gasteiger partial charge in [-0.1, -0.05) is 0 Å². The molecule has 0 saturated carbocycles. The van der Waals surface area contributed by atoms with E-state index >= 15 is 0 Å². The van der Waals surface area contributed by atoms with Crippen molar-refractivity contribution in [2.45, 2.75) is 13.8 Å². The number of aromatic nitrogens is 1. The van der Waals surface area contributed by atoms with Crippen LogP contribution in [0.25, 0.3) is 11.0 Å².